The summed E-state index contributed by atoms with van der Waals surface area (Å²) in [6.07, 6.45) is 9.92. The van der Waals surface area contributed by atoms with Gasteiger partial charge in [0.05, 0.1) is 6.54 Å². The maximum atomic E-state index is 12.2. The van der Waals surface area contributed by atoms with Crippen molar-refractivity contribution in [2.45, 2.75) is 69.6 Å². The van der Waals surface area contributed by atoms with Gasteiger partial charge in [-0.2, -0.15) is 0 Å². The first-order valence-electron chi connectivity index (χ1n) is 8.24. The first kappa shape index (κ1) is 13.2. The molecule has 1 saturated carbocycles. The van der Waals surface area contributed by atoms with E-state index in [1.54, 1.807) is 0 Å². The number of amides is 1. The number of nitrogens with zero attached hydrogens (tertiary/aromatic N) is 4. The van der Waals surface area contributed by atoms with Gasteiger partial charge in [-0.15, -0.1) is 10.2 Å². The number of fused-ring (bicyclic) bond motifs is 1. The molecule has 0 unspecified atom stereocenters. The molecular formula is C15H23N5O. The number of carbonyl (C=O) groups is 1. The van der Waals surface area contributed by atoms with Gasteiger partial charge in [0, 0.05) is 24.5 Å². The third-order valence-corrected chi connectivity index (χ3v) is 5.35. The van der Waals surface area contributed by atoms with Gasteiger partial charge >= 0.3 is 0 Å². The fourth-order valence-corrected chi connectivity index (χ4v) is 4.23. The summed E-state index contributed by atoms with van der Waals surface area (Å²) < 4.78 is 2.22. The minimum absolute atomic E-state index is 0.260. The summed E-state index contributed by atoms with van der Waals surface area (Å²) in [5.41, 5.74) is 0. The highest BCUT2D eigenvalue weighted by atomic mass is 16.2. The van der Waals surface area contributed by atoms with Crippen molar-refractivity contribution >= 4 is 5.91 Å². The van der Waals surface area contributed by atoms with Crippen LogP contribution in [0, 0.1) is 0 Å². The van der Waals surface area contributed by atoms with Gasteiger partial charge in [0.2, 0.25) is 5.91 Å². The van der Waals surface area contributed by atoms with Crippen molar-refractivity contribution in [3.8, 4) is 0 Å². The number of nitrogens with one attached hydrogen (secondary N) is 1. The molecule has 1 aromatic heterocycles. The molecule has 0 bridgehead atoms. The molecule has 1 aromatic rings. The molecule has 1 amide bonds. The van der Waals surface area contributed by atoms with Gasteiger partial charge in [-0.1, -0.05) is 19.3 Å². The standard InChI is InChI=1S/C15H23N5O/c21-15-8-12-13(6-7-16-12)19(15)9-14-18-17-10-20(14)11-4-2-1-3-5-11/h10-13,16H,1-9H2/t12-,13-/m1/s1. The molecule has 6 nitrogen and oxygen atoms in total. The molecule has 4 rings (SSSR count). The average Bonchev–Trinajstić information content (AvgIpc) is 3.19. The number of likely N-dealkylation sites (tertiary alicyclic amines) is 1. The normalized spacial score (nSPS) is 30.1. The number of hydrogen-bond donors (Lipinski definition) is 1. The topological polar surface area (TPSA) is 63.1 Å². The Balaban J connectivity index is 1.52. The van der Waals surface area contributed by atoms with Crippen molar-refractivity contribution < 1.29 is 4.79 Å². The maximum absolute atomic E-state index is 12.2. The van der Waals surface area contributed by atoms with Gasteiger partial charge in [-0.25, -0.2) is 0 Å². The lowest BCUT2D eigenvalue weighted by Gasteiger charge is -2.27. The molecular weight excluding hydrogens is 266 g/mol. The number of hydrogen-bond acceptors (Lipinski definition) is 4. The van der Waals surface area contributed by atoms with Gasteiger partial charge in [-0.3, -0.25) is 4.79 Å². The van der Waals surface area contributed by atoms with E-state index in [0.29, 0.717) is 31.1 Å². The Kier molecular flexibility index (Phi) is 3.41. The lowest BCUT2D eigenvalue weighted by molar-refractivity contribution is -0.129. The molecule has 3 aliphatic rings. The second-order valence-electron chi connectivity index (χ2n) is 6.59. The second kappa shape index (κ2) is 5.40. The summed E-state index contributed by atoms with van der Waals surface area (Å²) in [5, 5.41) is 11.8. The van der Waals surface area contributed by atoms with Crippen molar-refractivity contribution in [3.63, 3.8) is 0 Å². The van der Waals surface area contributed by atoms with Crippen molar-refractivity contribution in [1.29, 1.82) is 0 Å². The van der Waals surface area contributed by atoms with Crippen LogP contribution in [0.5, 0.6) is 0 Å². The molecule has 3 fully saturated rings. The van der Waals surface area contributed by atoms with E-state index < -0.39 is 0 Å². The van der Waals surface area contributed by atoms with Gasteiger partial charge in [-0.05, 0) is 25.8 Å². The van der Waals surface area contributed by atoms with Crippen LogP contribution in [-0.2, 0) is 11.3 Å². The SMILES string of the molecule is O=C1C[C@H]2NCC[C@H]2N1Cc1nncn1C1CCCCC1. The third kappa shape index (κ3) is 2.35. The second-order valence-corrected chi connectivity index (χ2v) is 6.59. The van der Waals surface area contributed by atoms with Crippen LogP contribution in [-0.4, -0.2) is 44.2 Å². The Morgan fingerprint density at radius 2 is 2.10 bits per heavy atom. The zero-order valence-electron chi connectivity index (χ0n) is 12.4. The van der Waals surface area contributed by atoms with Crippen LogP contribution in [0.1, 0.15) is 56.8 Å². The molecule has 3 heterocycles. The summed E-state index contributed by atoms with van der Waals surface area (Å²) in [7, 11) is 0. The lowest BCUT2D eigenvalue weighted by Crippen LogP contribution is -2.36. The Morgan fingerprint density at radius 3 is 2.95 bits per heavy atom. The summed E-state index contributed by atoms with van der Waals surface area (Å²) in [6.45, 7) is 1.65. The summed E-state index contributed by atoms with van der Waals surface area (Å²) in [5.74, 6) is 1.22. The zero-order chi connectivity index (χ0) is 14.2. The van der Waals surface area contributed by atoms with Crippen LogP contribution >= 0.6 is 0 Å². The highest BCUT2D eigenvalue weighted by molar-refractivity contribution is 5.80. The molecule has 0 spiro atoms. The fraction of sp³-hybridized carbons (Fsp3) is 0.800. The predicted molar refractivity (Wildman–Crippen MR) is 77.5 cm³/mol. The molecule has 0 aromatic carbocycles. The highest BCUT2D eigenvalue weighted by Crippen LogP contribution is 2.31. The molecule has 1 aliphatic carbocycles. The van der Waals surface area contributed by atoms with E-state index in [0.717, 1.165) is 18.8 Å². The monoisotopic (exact) mass is 289 g/mol. The van der Waals surface area contributed by atoms with Crippen molar-refractivity contribution in [3.05, 3.63) is 12.2 Å². The maximum Gasteiger partial charge on any atom is 0.224 e. The number of rotatable bonds is 3. The van der Waals surface area contributed by atoms with Gasteiger partial charge in [0.1, 0.15) is 6.33 Å². The molecule has 114 valence electrons. The molecule has 2 atom stereocenters. The van der Waals surface area contributed by atoms with Gasteiger partial charge < -0.3 is 14.8 Å². The van der Waals surface area contributed by atoms with E-state index in [4.69, 9.17) is 0 Å². The molecule has 1 N–H and O–H groups in total. The van der Waals surface area contributed by atoms with Crippen LogP contribution < -0.4 is 5.32 Å². The smallest absolute Gasteiger partial charge is 0.224 e. The Labute approximate surface area is 124 Å². The first-order valence-corrected chi connectivity index (χ1v) is 8.24. The van der Waals surface area contributed by atoms with Crippen LogP contribution in [0.4, 0.5) is 0 Å². The largest absolute Gasteiger partial charge is 0.330 e. The van der Waals surface area contributed by atoms with E-state index in [-0.39, 0.29) is 5.91 Å². The third-order valence-electron chi connectivity index (χ3n) is 5.35. The van der Waals surface area contributed by atoms with Crippen molar-refractivity contribution in [1.82, 2.24) is 25.0 Å². The van der Waals surface area contributed by atoms with Crippen molar-refractivity contribution in [2.75, 3.05) is 6.54 Å². The Hall–Kier alpha value is -1.43. The number of aromatic nitrogens is 3. The predicted octanol–water partition coefficient (Wildman–Crippen LogP) is 1.25. The molecule has 2 aliphatic heterocycles. The zero-order valence-corrected chi connectivity index (χ0v) is 12.4. The minimum atomic E-state index is 0.260. The first-order chi connectivity index (χ1) is 10.3. The van der Waals surface area contributed by atoms with E-state index in [1.807, 2.05) is 11.2 Å². The summed E-state index contributed by atoms with van der Waals surface area (Å²) >= 11 is 0. The van der Waals surface area contributed by atoms with E-state index in [1.165, 1.54) is 32.1 Å². The highest BCUT2D eigenvalue weighted by Gasteiger charge is 2.42. The lowest BCUT2D eigenvalue weighted by atomic mass is 9.95. The quantitative estimate of drug-likeness (QED) is 0.909. The van der Waals surface area contributed by atoms with Crippen molar-refractivity contribution in [2.24, 2.45) is 0 Å². The minimum Gasteiger partial charge on any atom is -0.330 e. The van der Waals surface area contributed by atoms with Crippen LogP contribution in [0.2, 0.25) is 0 Å². The Morgan fingerprint density at radius 1 is 1.24 bits per heavy atom. The summed E-state index contributed by atoms with van der Waals surface area (Å²) in [6, 6.07) is 1.23. The summed E-state index contributed by atoms with van der Waals surface area (Å²) in [4.78, 5) is 14.3. The average molecular weight is 289 g/mol. The molecule has 0 radical (unpaired) electrons. The van der Waals surface area contributed by atoms with Gasteiger partial charge in [0.25, 0.3) is 0 Å². The molecule has 6 heteroatoms. The molecule has 21 heavy (non-hydrogen) atoms. The van der Waals surface area contributed by atoms with E-state index >= 15 is 0 Å². The van der Waals surface area contributed by atoms with Gasteiger partial charge in [0.15, 0.2) is 5.82 Å². The number of carbonyl (C=O) groups excluding carboxylic acids is 1. The van der Waals surface area contributed by atoms with E-state index in [9.17, 15) is 4.79 Å². The fourth-order valence-electron chi connectivity index (χ4n) is 4.23. The molecule has 2 saturated heterocycles. The Bertz CT molecular complexity index is 522. The van der Waals surface area contributed by atoms with Crippen LogP contribution in [0.3, 0.4) is 0 Å². The van der Waals surface area contributed by atoms with Crippen LogP contribution in [0.25, 0.3) is 0 Å². The van der Waals surface area contributed by atoms with E-state index in [2.05, 4.69) is 20.1 Å². The van der Waals surface area contributed by atoms with Crippen LogP contribution in [0.15, 0.2) is 6.33 Å².